The molecule has 0 atom stereocenters. The van der Waals surface area contributed by atoms with Crippen molar-refractivity contribution in [3.63, 3.8) is 0 Å². The van der Waals surface area contributed by atoms with Crippen molar-refractivity contribution in [3.05, 3.63) is 60.0 Å². The van der Waals surface area contributed by atoms with Crippen LogP contribution in [0.3, 0.4) is 0 Å². The second-order valence-electron chi connectivity index (χ2n) is 4.64. The minimum atomic E-state index is -0.269. The summed E-state index contributed by atoms with van der Waals surface area (Å²) >= 11 is 0. The van der Waals surface area contributed by atoms with Crippen LogP contribution in [-0.2, 0) is 0 Å². The molecular weight excluding hydrogens is 255 g/mol. The lowest BCUT2D eigenvalue weighted by molar-refractivity contribution is 0.471. The third kappa shape index (κ3) is 2.28. The summed E-state index contributed by atoms with van der Waals surface area (Å²) < 4.78 is 12.9. The summed E-state index contributed by atoms with van der Waals surface area (Å²) in [4.78, 5) is 7.57. The van der Waals surface area contributed by atoms with E-state index >= 15 is 0 Å². The Morgan fingerprint density at radius 1 is 1.05 bits per heavy atom. The first-order valence-electron chi connectivity index (χ1n) is 6.25. The van der Waals surface area contributed by atoms with Gasteiger partial charge in [0.05, 0.1) is 5.69 Å². The topological polar surface area (TPSA) is 48.9 Å². The smallest absolute Gasteiger partial charge is 0.138 e. The van der Waals surface area contributed by atoms with Crippen LogP contribution in [0.2, 0.25) is 0 Å². The molecule has 0 spiro atoms. The number of aryl methyl sites for hydroxylation is 1. The highest BCUT2D eigenvalue weighted by Crippen LogP contribution is 2.26. The highest BCUT2D eigenvalue weighted by Gasteiger charge is 2.07. The SMILES string of the molecule is Cc1cc(-c2c[nH]c(-c3ccc(F)cc3)n2)ccc1O. The van der Waals surface area contributed by atoms with Gasteiger partial charge < -0.3 is 10.1 Å². The van der Waals surface area contributed by atoms with Crippen molar-refractivity contribution in [1.29, 1.82) is 0 Å². The van der Waals surface area contributed by atoms with Crippen LogP contribution in [0.4, 0.5) is 4.39 Å². The first-order chi connectivity index (χ1) is 9.63. The van der Waals surface area contributed by atoms with Crippen LogP contribution in [0.5, 0.6) is 5.75 Å². The standard InChI is InChI=1S/C16H13FN2O/c1-10-8-12(4-7-15(10)20)14-9-18-16(19-14)11-2-5-13(17)6-3-11/h2-9,20H,1H3,(H,18,19). The van der Waals surface area contributed by atoms with Crippen molar-refractivity contribution >= 4 is 0 Å². The van der Waals surface area contributed by atoms with E-state index in [1.807, 2.05) is 19.1 Å². The Bertz CT molecular complexity index is 747. The third-order valence-corrected chi connectivity index (χ3v) is 3.19. The van der Waals surface area contributed by atoms with E-state index in [-0.39, 0.29) is 11.6 Å². The first-order valence-corrected chi connectivity index (χ1v) is 6.25. The van der Waals surface area contributed by atoms with Crippen molar-refractivity contribution in [2.24, 2.45) is 0 Å². The van der Waals surface area contributed by atoms with E-state index in [1.165, 1.54) is 12.1 Å². The van der Waals surface area contributed by atoms with Crippen LogP contribution in [-0.4, -0.2) is 15.1 Å². The average Bonchev–Trinajstić information content (AvgIpc) is 2.92. The number of benzene rings is 2. The van der Waals surface area contributed by atoms with E-state index in [2.05, 4.69) is 9.97 Å². The second-order valence-corrected chi connectivity index (χ2v) is 4.64. The summed E-state index contributed by atoms with van der Waals surface area (Å²) in [6, 6.07) is 11.5. The van der Waals surface area contributed by atoms with Crippen molar-refractivity contribution in [3.8, 4) is 28.4 Å². The van der Waals surface area contributed by atoms with E-state index in [0.29, 0.717) is 5.82 Å². The highest BCUT2D eigenvalue weighted by atomic mass is 19.1. The van der Waals surface area contributed by atoms with Crippen LogP contribution < -0.4 is 0 Å². The summed E-state index contributed by atoms with van der Waals surface area (Å²) in [7, 11) is 0. The van der Waals surface area contributed by atoms with Gasteiger partial charge in [-0.3, -0.25) is 0 Å². The monoisotopic (exact) mass is 268 g/mol. The summed E-state index contributed by atoms with van der Waals surface area (Å²) in [5, 5.41) is 9.54. The molecule has 4 heteroatoms. The van der Waals surface area contributed by atoms with Crippen molar-refractivity contribution in [2.75, 3.05) is 0 Å². The lowest BCUT2D eigenvalue weighted by atomic mass is 10.1. The minimum Gasteiger partial charge on any atom is -0.508 e. The fraction of sp³-hybridized carbons (Fsp3) is 0.0625. The van der Waals surface area contributed by atoms with Gasteiger partial charge >= 0.3 is 0 Å². The molecule has 2 N–H and O–H groups in total. The molecule has 1 aromatic heterocycles. The van der Waals surface area contributed by atoms with Crippen molar-refractivity contribution in [2.45, 2.75) is 6.92 Å². The first kappa shape index (κ1) is 12.4. The molecule has 100 valence electrons. The number of phenolic OH excluding ortho intramolecular Hbond substituents is 1. The predicted octanol–water partition coefficient (Wildman–Crippen LogP) is 3.90. The summed E-state index contributed by atoms with van der Waals surface area (Å²) in [5.41, 5.74) is 3.33. The number of rotatable bonds is 2. The maximum Gasteiger partial charge on any atom is 0.138 e. The summed E-state index contributed by atoms with van der Waals surface area (Å²) in [6.45, 7) is 1.84. The van der Waals surface area contributed by atoms with Crippen LogP contribution in [0.25, 0.3) is 22.6 Å². The molecule has 1 heterocycles. The Morgan fingerprint density at radius 2 is 1.75 bits per heavy atom. The molecule has 0 aliphatic carbocycles. The van der Waals surface area contributed by atoms with Gasteiger partial charge in [-0.15, -0.1) is 0 Å². The van der Waals surface area contributed by atoms with Gasteiger partial charge in [0.1, 0.15) is 17.4 Å². The van der Waals surface area contributed by atoms with Crippen molar-refractivity contribution in [1.82, 2.24) is 9.97 Å². The molecular formula is C16H13FN2O. The molecule has 0 aliphatic heterocycles. The fourth-order valence-corrected chi connectivity index (χ4v) is 2.04. The van der Waals surface area contributed by atoms with Crippen LogP contribution in [0, 0.1) is 12.7 Å². The molecule has 3 aromatic rings. The molecule has 0 amide bonds. The van der Waals surface area contributed by atoms with Crippen molar-refractivity contribution < 1.29 is 9.50 Å². The molecule has 20 heavy (non-hydrogen) atoms. The number of imidazole rings is 1. The maximum absolute atomic E-state index is 12.9. The molecule has 2 aromatic carbocycles. The molecule has 0 fully saturated rings. The van der Waals surface area contributed by atoms with E-state index in [4.69, 9.17) is 0 Å². The fourth-order valence-electron chi connectivity index (χ4n) is 2.04. The van der Waals surface area contributed by atoms with E-state index in [1.54, 1.807) is 24.4 Å². The maximum atomic E-state index is 12.9. The van der Waals surface area contributed by atoms with E-state index in [9.17, 15) is 9.50 Å². The number of hydrogen-bond donors (Lipinski definition) is 2. The normalized spacial score (nSPS) is 10.7. The lowest BCUT2D eigenvalue weighted by Crippen LogP contribution is -1.83. The van der Waals surface area contributed by atoms with E-state index < -0.39 is 0 Å². The summed E-state index contributed by atoms with van der Waals surface area (Å²) in [6.07, 6.45) is 1.80. The molecule has 0 bridgehead atoms. The zero-order valence-corrected chi connectivity index (χ0v) is 10.9. The number of aromatic amines is 1. The quantitative estimate of drug-likeness (QED) is 0.740. The number of aromatic hydroxyl groups is 1. The zero-order chi connectivity index (χ0) is 14.1. The Labute approximate surface area is 115 Å². The van der Waals surface area contributed by atoms with Gasteiger partial charge in [-0.05, 0) is 55.0 Å². The second kappa shape index (κ2) is 4.81. The van der Waals surface area contributed by atoms with Gasteiger partial charge in [-0.2, -0.15) is 0 Å². The predicted molar refractivity (Wildman–Crippen MR) is 75.8 cm³/mol. The van der Waals surface area contributed by atoms with Crippen LogP contribution in [0.1, 0.15) is 5.56 Å². The lowest BCUT2D eigenvalue weighted by Gasteiger charge is -2.01. The zero-order valence-electron chi connectivity index (χ0n) is 10.9. The Hall–Kier alpha value is -2.62. The average molecular weight is 268 g/mol. The van der Waals surface area contributed by atoms with Gasteiger partial charge in [-0.1, -0.05) is 0 Å². The molecule has 0 saturated carbocycles. The number of H-pyrrole nitrogens is 1. The Balaban J connectivity index is 1.97. The number of hydrogen-bond acceptors (Lipinski definition) is 2. The third-order valence-electron chi connectivity index (χ3n) is 3.19. The number of aromatic nitrogens is 2. The molecule has 0 radical (unpaired) electrons. The van der Waals surface area contributed by atoms with Gasteiger partial charge in [0, 0.05) is 17.3 Å². The number of nitrogens with zero attached hydrogens (tertiary/aromatic N) is 1. The molecule has 0 aliphatic rings. The Kier molecular flexibility index (Phi) is 2.99. The Morgan fingerprint density at radius 3 is 2.45 bits per heavy atom. The van der Waals surface area contributed by atoms with Gasteiger partial charge in [0.25, 0.3) is 0 Å². The van der Waals surface area contributed by atoms with Crippen LogP contribution in [0.15, 0.2) is 48.7 Å². The van der Waals surface area contributed by atoms with Crippen LogP contribution >= 0.6 is 0 Å². The molecule has 0 unspecified atom stereocenters. The van der Waals surface area contributed by atoms with Gasteiger partial charge in [-0.25, -0.2) is 9.37 Å². The highest BCUT2D eigenvalue weighted by molar-refractivity contribution is 5.65. The summed E-state index contributed by atoms with van der Waals surface area (Å²) in [5.74, 6) is 0.684. The molecule has 3 rings (SSSR count). The molecule has 3 nitrogen and oxygen atoms in total. The number of phenols is 1. The van der Waals surface area contributed by atoms with E-state index in [0.717, 1.165) is 22.4 Å². The largest absolute Gasteiger partial charge is 0.508 e. The molecule has 0 saturated heterocycles. The minimum absolute atomic E-state index is 0.267. The van der Waals surface area contributed by atoms with Gasteiger partial charge in [0.2, 0.25) is 0 Å². The van der Waals surface area contributed by atoms with Gasteiger partial charge in [0.15, 0.2) is 0 Å². The number of nitrogens with one attached hydrogen (secondary N) is 1. The number of halogens is 1.